The third kappa shape index (κ3) is 4.79. The van der Waals surface area contributed by atoms with Crippen LogP contribution in [0.15, 0.2) is 24.3 Å². The van der Waals surface area contributed by atoms with Crippen LogP contribution in [0.1, 0.15) is 34.4 Å². The number of methoxy groups -OCH3 is 1. The Bertz CT molecular complexity index is 1040. The Kier molecular flexibility index (Phi) is 6.72. The standard InChI is InChI=1S/C23H31N5O2/c1-15-19(16(2)25-22-21(15)23(30-6)26-28(22)5)11-12-20(29)24-13-17-7-9-18(10-8-17)14-27(3)4/h7-10H,11-14H2,1-6H3,(H,24,29). The molecule has 3 aromatic rings. The van der Waals surface area contributed by atoms with Crippen LogP contribution in [0.3, 0.4) is 0 Å². The zero-order valence-corrected chi connectivity index (χ0v) is 18.7. The number of carbonyl (C=O) groups is 1. The third-order valence-corrected chi connectivity index (χ3v) is 5.33. The number of benzene rings is 1. The summed E-state index contributed by atoms with van der Waals surface area (Å²) in [6, 6.07) is 8.35. The van der Waals surface area contributed by atoms with Crippen LogP contribution in [0.2, 0.25) is 0 Å². The van der Waals surface area contributed by atoms with E-state index < -0.39 is 0 Å². The van der Waals surface area contributed by atoms with E-state index in [1.807, 2.05) is 20.9 Å². The molecule has 0 aliphatic heterocycles. The number of carbonyl (C=O) groups excluding carboxylic acids is 1. The fourth-order valence-corrected chi connectivity index (χ4v) is 3.76. The Morgan fingerprint density at radius 2 is 1.83 bits per heavy atom. The SMILES string of the molecule is COc1nn(C)c2nc(C)c(CCC(=O)NCc3ccc(CN(C)C)cc3)c(C)c12. The van der Waals surface area contributed by atoms with Gasteiger partial charge in [0.15, 0.2) is 5.65 Å². The molecule has 1 N–H and O–H groups in total. The molecule has 1 aromatic carbocycles. The maximum absolute atomic E-state index is 12.4. The Labute approximate surface area is 178 Å². The molecule has 0 atom stereocenters. The van der Waals surface area contributed by atoms with Crippen molar-refractivity contribution in [3.05, 3.63) is 52.2 Å². The Hall–Kier alpha value is -2.93. The molecule has 7 nitrogen and oxygen atoms in total. The van der Waals surface area contributed by atoms with Crippen LogP contribution in [-0.2, 0) is 31.4 Å². The number of nitrogens with one attached hydrogen (secondary N) is 1. The molecule has 7 heteroatoms. The molecule has 160 valence electrons. The van der Waals surface area contributed by atoms with Gasteiger partial charge >= 0.3 is 0 Å². The van der Waals surface area contributed by atoms with Crippen molar-refractivity contribution in [1.29, 1.82) is 0 Å². The van der Waals surface area contributed by atoms with Gasteiger partial charge in [-0.05, 0) is 56.6 Å². The second-order valence-electron chi connectivity index (χ2n) is 7.96. The van der Waals surface area contributed by atoms with Crippen molar-refractivity contribution in [2.24, 2.45) is 7.05 Å². The van der Waals surface area contributed by atoms with E-state index in [2.05, 4.69) is 53.7 Å². The predicted molar refractivity (Wildman–Crippen MR) is 119 cm³/mol. The number of amides is 1. The summed E-state index contributed by atoms with van der Waals surface area (Å²) >= 11 is 0. The van der Waals surface area contributed by atoms with Crippen LogP contribution >= 0.6 is 0 Å². The summed E-state index contributed by atoms with van der Waals surface area (Å²) < 4.78 is 7.14. The second kappa shape index (κ2) is 9.26. The van der Waals surface area contributed by atoms with Gasteiger partial charge in [-0.2, -0.15) is 0 Å². The van der Waals surface area contributed by atoms with Crippen LogP contribution in [0, 0.1) is 13.8 Å². The number of pyridine rings is 1. The number of hydrogen-bond donors (Lipinski definition) is 1. The molecular formula is C23H31N5O2. The van der Waals surface area contributed by atoms with Gasteiger partial charge in [-0.3, -0.25) is 4.79 Å². The van der Waals surface area contributed by atoms with Crippen LogP contribution in [0.25, 0.3) is 11.0 Å². The zero-order valence-electron chi connectivity index (χ0n) is 18.7. The van der Waals surface area contributed by atoms with Gasteiger partial charge in [0.2, 0.25) is 11.8 Å². The maximum atomic E-state index is 12.4. The zero-order chi connectivity index (χ0) is 21.8. The molecule has 0 radical (unpaired) electrons. The molecule has 0 fully saturated rings. The Morgan fingerprint density at radius 1 is 1.17 bits per heavy atom. The minimum Gasteiger partial charge on any atom is -0.479 e. The lowest BCUT2D eigenvalue weighted by atomic mass is 10.00. The normalized spacial score (nSPS) is 11.3. The fourth-order valence-electron chi connectivity index (χ4n) is 3.76. The molecule has 1 amide bonds. The topological polar surface area (TPSA) is 72.3 Å². The van der Waals surface area contributed by atoms with Crippen molar-refractivity contribution < 1.29 is 9.53 Å². The van der Waals surface area contributed by atoms with Crippen molar-refractivity contribution >= 4 is 16.9 Å². The van der Waals surface area contributed by atoms with Crippen molar-refractivity contribution in [3.8, 4) is 5.88 Å². The van der Waals surface area contributed by atoms with E-state index in [-0.39, 0.29) is 5.91 Å². The summed E-state index contributed by atoms with van der Waals surface area (Å²) in [6.07, 6.45) is 1.04. The smallest absolute Gasteiger partial charge is 0.242 e. The number of nitrogens with zero attached hydrogens (tertiary/aromatic N) is 4. The van der Waals surface area contributed by atoms with E-state index in [0.29, 0.717) is 25.3 Å². The number of rotatable bonds is 8. The van der Waals surface area contributed by atoms with E-state index in [1.165, 1.54) is 5.56 Å². The highest BCUT2D eigenvalue weighted by atomic mass is 16.5. The van der Waals surface area contributed by atoms with Gasteiger partial charge in [0.1, 0.15) is 0 Å². The summed E-state index contributed by atoms with van der Waals surface area (Å²) in [5.41, 5.74) is 6.24. The first-order valence-electron chi connectivity index (χ1n) is 10.2. The Balaban J connectivity index is 1.62. The summed E-state index contributed by atoms with van der Waals surface area (Å²) in [4.78, 5) is 19.3. The Morgan fingerprint density at radius 3 is 2.47 bits per heavy atom. The summed E-state index contributed by atoms with van der Waals surface area (Å²) in [6.45, 7) is 5.47. The highest BCUT2D eigenvalue weighted by Gasteiger charge is 2.18. The van der Waals surface area contributed by atoms with E-state index >= 15 is 0 Å². The summed E-state index contributed by atoms with van der Waals surface area (Å²) in [5.74, 6) is 0.602. The summed E-state index contributed by atoms with van der Waals surface area (Å²) in [7, 11) is 7.57. The molecule has 2 aromatic heterocycles. The monoisotopic (exact) mass is 409 g/mol. The molecule has 0 saturated carbocycles. The third-order valence-electron chi connectivity index (χ3n) is 5.33. The van der Waals surface area contributed by atoms with Gasteiger partial charge in [-0.1, -0.05) is 24.3 Å². The number of ether oxygens (including phenoxy) is 1. The molecular weight excluding hydrogens is 378 g/mol. The van der Waals surface area contributed by atoms with Crippen LogP contribution < -0.4 is 10.1 Å². The highest BCUT2D eigenvalue weighted by Crippen LogP contribution is 2.30. The van der Waals surface area contributed by atoms with Crippen molar-refractivity contribution in [2.45, 2.75) is 39.8 Å². The van der Waals surface area contributed by atoms with Crippen molar-refractivity contribution in [3.63, 3.8) is 0 Å². The van der Waals surface area contributed by atoms with Gasteiger partial charge in [-0.15, -0.1) is 5.10 Å². The maximum Gasteiger partial charge on any atom is 0.242 e. The lowest BCUT2D eigenvalue weighted by molar-refractivity contribution is -0.121. The molecule has 0 unspecified atom stereocenters. The molecule has 0 saturated heterocycles. The van der Waals surface area contributed by atoms with Crippen LogP contribution in [0.5, 0.6) is 5.88 Å². The molecule has 2 heterocycles. The molecule has 30 heavy (non-hydrogen) atoms. The molecule has 0 aliphatic rings. The first-order chi connectivity index (χ1) is 14.3. The lowest BCUT2D eigenvalue weighted by Gasteiger charge is -2.12. The lowest BCUT2D eigenvalue weighted by Crippen LogP contribution is -2.23. The van der Waals surface area contributed by atoms with Gasteiger partial charge in [-0.25, -0.2) is 9.67 Å². The molecule has 0 bridgehead atoms. The number of hydrogen-bond acceptors (Lipinski definition) is 5. The first kappa shape index (κ1) is 21.8. The van der Waals surface area contributed by atoms with Gasteiger partial charge in [0.05, 0.1) is 12.5 Å². The fraction of sp³-hybridized carbons (Fsp3) is 0.435. The minimum atomic E-state index is 0.0319. The van der Waals surface area contributed by atoms with E-state index in [9.17, 15) is 4.79 Å². The molecule has 0 aliphatic carbocycles. The van der Waals surface area contributed by atoms with Crippen LogP contribution in [-0.4, -0.2) is 46.8 Å². The molecule has 3 rings (SSSR count). The van der Waals surface area contributed by atoms with Gasteiger partial charge in [0.25, 0.3) is 0 Å². The van der Waals surface area contributed by atoms with Crippen molar-refractivity contribution in [1.82, 2.24) is 25.0 Å². The average Bonchev–Trinajstić information content (AvgIpc) is 3.02. The van der Waals surface area contributed by atoms with Crippen molar-refractivity contribution in [2.75, 3.05) is 21.2 Å². The van der Waals surface area contributed by atoms with Crippen LogP contribution in [0.4, 0.5) is 0 Å². The highest BCUT2D eigenvalue weighted by molar-refractivity contribution is 5.86. The number of aromatic nitrogens is 3. The summed E-state index contributed by atoms with van der Waals surface area (Å²) in [5, 5.41) is 8.32. The van der Waals surface area contributed by atoms with E-state index in [0.717, 1.165) is 40.0 Å². The minimum absolute atomic E-state index is 0.0319. The average molecular weight is 410 g/mol. The second-order valence-corrected chi connectivity index (χ2v) is 7.96. The van der Waals surface area contributed by atoms with Gasteiger partial charge < -0.3 is 15.0 Å². The number of aryl methyl sites for hydroxylation is 3. The largest absolute Gasteiger partial charge is 0.479 e. The van der Waals surface area contributed by atoms with E-state index in [1.54, 1.807) is 11.8 Å². The number of fused-ring (bicyclic) bond motifs is 1. The molecule has 0 spiro atoms. The first-order valence-corrected chi connectivity index (χ1v) is 10.2. The van der Waals surface area contributed by atoms with E-state index in [4.69, 9.17) is 9.72 Å². The quantitative estimate of drug-likeness (QED) is 0.619. The predicted octanol–water partition coefficient (Wildman–Crippen LogP) is 2.90. The van der Waals surface area contributed by atoms with Gasteiger partial charge in [0, 0.05) is 32.3 Å².